The third-order valence-electron chi connectivity index (χ3n) is 3.30. The van der Waals surface area contributed by atoms with Crippen molar-refractivity contribution in [2.24, 2.45) is 0 Å². The molecule has 0 aliphatic rings. The lowest BCUT2D eigenvalue weighted by atomic mass is 9.93. The summed E-state index contributed by atoms with van der Waals surface area (Å²) in [6, 6.07) is 2.15. The molecule has 2 atom stereocenters. The summed E-state index contributed by atoms with van der Waals surface area (Å²) in [5, 5.41) is 12.6. The van der Waals surface area contributed by atoms with E-state index >= 15 is 0 Å². The highest BCUT2D eigenvalue weighted by molar-refractivity contribution is 5.18. The van der Waals surface area contributed by atoms with Gasteiger partial charge in [-0.1, -0.05) is 6.92 Å². The molecule has 16 heavy (non-hydrogen) atoms. The summed E-state index contributed by atoms with van der Waals surface area (Å²) in [4.78, 5) is 0. The number of aliphatic hydroxyl groups excluding tert-OH is 1. The summed E-state index contributed by atoms with van der Waals surface area (Å²) >= 11 is 0. The summed E-state index contributed by atoms with van der Waals surface area (Å²) in [5.74, 6) is 0.984. The van der Waals surface area contributed by atoms with Gasteiger partial charge in [-0.3, -0.25) is 0 Å². The fourth-order valence-corrected chi connectivity index (χ4v) is 2.01. The molecule has 0 aliphatic carbocycles. The second-order valence-electron chi connectivity index (χ2n) is 4.72. The van der Waals surface area contributed by atoms with Crippen LogP contribution in [0.4, 0.5) is 0 Å². The van der Waals surface area contributed by atoms with E-state index in [9.17, 15) is 0 Å². The molecule has 0 radical (unpaired) electrons. The largest absolute Gasteiger partial charge is 0.467 e. The zero-order valence-corrected chi connectivity index (χ0v) is 10.7. The number of rotatable bonds is 6. The molecule has 2 unspecified atom stereocenters. The van der Waals surface area contributed by atoms with Gasteiger partial charge in [-0.05, 0) is 45.2 Å². The molecule has 0 saturated heterocycles. The first-order chi connectivity index (χ1) is 7.52. The van der Waals surface area contributed by atoms with Crippen LogP contribution in [-0.2, 0) is 0 Å². The minimum absolute atomic E-state index is 0.0343. The summed E-state index contributed by atoms with van der Waals surface area (Å²) in [6.07, 6.45) is 3.46. The van der Waals surface area contributed by atoms with Crippen molar-refractivity contribution >= 4 is 0 Å². The Balaban J connectivity index is 2.69. The summed E-state index contributed by atoms with van der Waals surface area (Å²) in [5.41, 5.74) is 1.13. The predicted octanol–water partition coefficient (Wildman–Crippen LogP) is 2.79. The molecule has 92 valence electrons. The van der Waals surface area contributed by atoms with Crippen LogP contribution in [0.5, 0.6) is 0 Å². The van der Waals surface area contributed by atoms with Gasteiger partial charge in [0.15, 0.2) is 0 Å². The van der Waals surface area contributed by atoms with Crippen LogP contribution >= 0.6 is 0 Å². The van der Waals surface area contributed by atoms with Gasteiger partial charge in [0.2, 0.25) is 0 Å². The average molecular weight is 225 g/mol. The number of nitrogens with one attached hydrogen (secondary N) is 1. The Morgan fingerprint density at radius 2 is 2.25 bits per heavy atom. The van der Waals surface area contributed by atoms with E-state index in [2.05, 4.69) is 26.1 Å². The van der Waals surface area contributed by atoms with Crippen LogP contribution in [0, 0.1) is 6.92 Å². The van der Waals surface area contributed by atoms with Crippen LogP contribution < -0.4 is 5.32 Å². The standard InChI is InChI=1S/C13H23NO2/c1-5-13(4,7-8-15)14-11(3)12-10(2)6-9-16-12/h6,9,11,14-15H,5,7-8H2,1-4H3. The molecular formula is C13H23NO2. The van der Waals surface area contributed by atoms with Crippen molar-refractivity contribution < 1.29 is 9.52 Å². The van der Waals surface area contributed by atoms with E-state index < -0.39 is 0 Å². The second-order valence-corrected chi connectivity index (χ2v) is 4.72. The van der Waals surface area contributed by atoms with E-state index in [0.29, 0.717) is 0 Å². The molecule has 0 amide bonds. The molecule has 3 nitrogen and oxygen atoms in total. The zero-order chi connectivity index (χ0) is 12.2. The molecule has 0 aromatic carbocycles. The van der Waals surface area contributed by atoms with Gasteiger partial charge >= 0.3 is 0 Å². The zero-order valence-electron chi connectivity index (χ0n) is 10.7. The van der Waals surface area contributed by atoms with Crippen LogP contribution in [0.2, 0.25) is 0 Å². The van der Waals surface area contributed by atoms with Gasteiger partial charge in [0, 0.05) is 12.1 Å². The molecule has 1 rings (SSSR count). The number of hydrogen-bond acceptors (Lipinski definition) is 3. The Morgan fingerprint density at radius 3 is 2.69 bits per heavy atom. The Bertz CT molecular complexity index is 321. The average Bonchev–Trinajstić information content (AvgIpc) is 2.65. The lowest BCUT2D eigenvalue weighted by Crippen LogP contribution is -2.43. The van der Waals surface area contributed by atoms with Crippen LogP contribution in [0.25, 0.3) is 0 Å². The van der Waals surface area contributed by atoms with Gasteiger partial charge in [0.05, 0.1) is 12.3 Å². The van der Waals surface area contributed by atoms with Crippen LogP contribution in [0.15, 0.2) is 16.7 Å². The maximum atomic E-state index is 9.07. The first kappa shape index (κ1) is 13.3. The van der Waals surface area contributed by atoms with Gasteiger partial charge in [-0.25, -0.2) is 0 Å². The normalized spacial score (nSPS) is 17.1. The van der Waals surface area contributed by atoms with Gasteiger partial charge in [-0.2, -0.15) is 0 Å². The third-order valence-corrected chi connectivity index (χ3v) is 3.30. The first-order valence-corrected chi connectivity index (χ1v) is 5.95. The summed E-state index contributed by atoms with van der Waals surface area (Å²) < 4.78 is 5.47. The Hall–Kier alpha value is -0.800. The lowest BCUT2D eigenvalue weighted by molar-refractivity contribution is 0.199. The molecule has 0 fully saturated rings. The van der Waals surface area contributed by atoms with Gasteiger partial charge in [0.25, 0.3) is 0 Å². The summed E-state index contributed by atoms with van der Waals surface area (Å²) in [7, 11) is 0. The first-order valence-electron chi connectivity index (χ1n) is 5.95. The highest BCUT2D eigenvalue weighted by atomic mass is 16.3. The SMILES string of the molecule is CCC(C)(CCO)NC(C)c1occc1C. The maximum Gasteiger partial charge on any atom is 0.123 e. The van der Waals surface area contributed by atoms with E-state index in [4.69, 9.17) is 9.52 Å². The predicted molar refractivity (Wildman–Crippen MR) is 65.4 cm³/mol. The molecule has 0 spiro atoms. The van der Waals surface area contributed by atoms with Crippen molar-refractivity contribution in [2.45, 2.75) is 52.1 Å². The van der Waals surface area contributed by atoms with E-state index in [1.807, 2.05) is 13.0 Å². The molecule has 0 bridgehead atoms. The lowest BCUT2D eigenvalue weighted by Gasteiger charge is -2.32. The molecule has 0 saturated carbocycles. The van der Waals surface area contributed by atoms with Crippen molar-refractivity contribution in [3.63, 3.8) is 0 Å². The molecule has 1 aromatic rings. The minimum atomic E-state index is -0.0343. The monoisotopic (exact) mass is 225 g/mol. The van der Waals surface area contributed by atoms with E-state index in [0.717, 1.165) is 18.6 Å². The van der Waals surface area contributed by atoms with Gasteiger partial charge < -0.3 is 14.8 Å². The van der Waals surface area contributed by atoms with E-state index in [1.54, 1.807) is 6.26 Å². The number of aliphatic hydroxyl groups is 1. The topological polar surface area (TPSA) is 45.4 Å². The smallest absolute Gasteiger partial charge is 0.123 e. The van der Waals surface area contributed by atoms with Crippen molar-refractivity contribution in [3.8, 4) is 0 Å². The van der Waals surface area contributed by atoms with E-state index in [-0.39, 0.29) is 18.2 Å². The van der Waals surface area contributed by atoms with Crippen LogP contribution in [0.1, 0.15) is 51.0 Å². The second kappa shape index (κ2) is 5.51. The molecule has 1 aromatic heterocycles. The highest BCUT2D eigenvalue weighted by Crippen LogP contribution is 2.23. The van der Waals surface area contributed by atoms with Crippen molar-refractivity contribution in [1.82, 2.24) is 5.32 Å². The fourth-order valence-electron chi connectivity index (χ4n) is 2.01. The third kappa shape index (κ3) is 3.09. The summed E-state index contributed by atoms with van der Waals surface area (Å²) in [6.45, 7) is 8.62. The number of hydrogen-bond donors (Lipinski definition) is 2. The molecule has 2 N–H and O–H groups in total. The number of aryl methyl sites for hydroxylation is 1. The van der Waals surface area contributed by atoms with Gasteiger partial charge in [0.1, 0.15) is 5.76 Å². The molecule has 3 heteroatoms. The van der Waals surface area contributed by atoms with Crippen molar-refractivity contribution in [1.29, 1.82) is 0 Å². The molecule has 1 heterocycles. The van der Waals surface area contributed by atoms with Crippen molar-refractivity contribution in [2.75, 3.05) is 6.61 Å². The van der Waals surface area contributed by atoms with Crippen molar-refractivity contribution in [3.05, 3.63) is 23.7 Å². The highest BCUT2D eigenvalue weighted by Gasteiger charge is 2.25. The number of furan rings is 1. The Morgan fingerprint density at radius 1 is 1.56 bits per heavy atom. The molecule has 0 aliphatic heterocycles. The van der Waals surface area contributed by atoms with Crippen LogP contribution in [0.3, 0.4) is 0 Å². The quantitative estimate of drug-likeness (QED) is 0.782. The molecular weight excluding hydrogens is 202 g/mol. The van der Waals surface area contributed by atoms with Crippen LogP contribution in [-0.4, -0.2) is 17.3 Å². The van der Waals surface area contributed by atoms with Gasteiger partial charge in [-0.15, -0.1) is 0 Å². The van der Waals surface area contributed by atoms with E-state index in [1.165, 1.54) is 5.56 Å². The Labute approximate surface area is 97.9 Å². The maximum absolute atomic E-state index is 9.07. The minimum Gasteiger partial charge on any atom is -0.467 e. The Kier molecular flexibility index (Phi) is 4.56. The fraction of sp³-hybridized carbons (Fsp3) is 0.692.